The summed E-state index contributed by atoms with van der Waals surface area (Å²) in [7, 11) is 1.64. The van der Waals surface area contributed by atoms with Crippen LogP contribution in [-0.4, -0.2) is 49.4 Å². The van der Waals surface area contributed by atoms with Crippen LogP contribution in [0.3, 0.4) is 0 Å². The van der Waals surface area contributed by atoms with Gasteiger partial charge in [-0.1, -0.05) is 26.0 Å². The Balaban J connectivity index is 2.62. The fourth-order valence-electron chi connectivity index (χ4n) is 2.41. The number of carbonyl (C=O) groups excluding carboxylic acids is 4. The maximum Gasteiger partial charge on any atom is 0.302 e. The topological polar surface area (TPSA) is 126 Å². The Hall–Kier alpha value is -2.94. The summed E-state index contributed by atoms with van der Waals surface area (Å²) in [6.45, 7) is 6.78. The molecule has 3 amide bonds. The van der Waals surface area contributed by atoms with E-state index < -0.39 is 23.9 Å². The van der Waals surface area contributed by atoms with Crippen LogP contribution < -0.4 is 21.3 Å². The van der Waals surface area contributed by atoms with Crippen molar-refractivity contribution in [1.29, 1.82) is 0 Å². The number of benzene rings is 1. The van der Waals surface area contributed by atoms with Crippen molar-refractivity contribution in [2.75, 3.05) is 18.9 Å². The summed E-state index contributed by atoms with van der Waals surface area (Å²) in [6, 6.07) is 5.28. The van der Waals surface area contributed by atoms with Gasteiger partial charge in [0.25, 0.3) is 0 Å². The maximum absolute atomic E-state index is 12.5. The van der Waals surface area contributed by atoms with Gasteiger partial charge < -0.3 is 26.0 Å². The predicted molar refractivity (Wildman–Crippen MR) is 109 cm³/mol. The molecular formula is C20H30N4O5. The van der Waals surface area contributed by atoms with Crippen LogP contribution in [0.25, 0.3) is 0 Å². The van der Waals surface area contributed by atoms with Crippen molar-refractivity contribution in [3.8, 4) is 0 Å². The Morgan fingerprint density at radius 2 is 1.59 bits per heavy atom. The normalized spacial score (nSPS) is 12.6. The molecule has 0 fully saturated rings. The predicted octanol–water partition coefficient (Wildman–Crippen LogP) is 0.553. The van der Waals surface area contributed by atoms with Crippen molar-refractivity contribution in [1.82, 2.24) is 16.0 Å². The number of nitrogens with one attached hydrogen (secondary N) is 4. The first-order valence-electron chi connectivity index (χ1n) is 9.41. The van der Waals surface area contributed by atoms with E-state index >= 15 is 0 Å². The third-order valence-electron chi connectivity index (χ3n) is 4.02. The van der Waals surface area contributed by atoms with E-state index in [9.17, 15) is 19.2 Å². The van der Waals surface area contributed by atoms with Crippen LogP contribution in [0.4, 0.5) is 5.69 Å². The Morgan fingerprint density at radius 1 is 0.966 bits per heavy atom. The highest BCUT2D eigenvalue weighted by atomic mass is 16.5. The summed E-state index contributed by atoms with van der Waals surface area (Å²) in [4.78, 5) is 47.5. The minimum Gasteiger partial charge on any atom is -0.461 e. The molecule has 9 heteroatoms. The minimum absolute atomic E-state index is 0.0972. The molecule has 160 valence electrons. The number of esters is 1. The number of hydrogen-bond acceptors (Lipinski definition) is 6. The van der Waals surface area contributed by atoms with Crippen molar-refractivity contribution in [3.63, 3.8) is 0 Å². The molecule has 29 heavy (non-hydrogen) atoms. The van der Waals surface area contributed by atoms with Crippen LogP contribution in [0.2, 0.25) is 0 Å². The molecule has 1 rings (SSSR count). The quantitative estimate of drug-likeness (QED) is 0.421. The molecule has 0 spiro atoms. The molecule has 1 unspecified atom stereocenters. The summed E-state index contributed by atoms with van der Waals surface area (Å²) in [5.74, 6) is -1.63. The molecule has 0 aliphatic carbocycles. The SMILES string of the molecule is CNCC(=O)NC(C(=O)N[C@@H](C)C(=O)Nc1ccc(COC(C)=O)cc1)C(C)C. The molecule has 0 heterocycles. The van der Waals surface area contributed by atoms with Gasteiger partial charge in [-0.05, 0) is 37.6 Å². The van der Waals surface area contributed by atoms with Gasteiger partial charge in [0.15, 0.2) is 0 Å². The molecule has 2 atom stereocenters. The highest BCUT2D eigenvalue weighted by Gasteiger charge is 2.26. The Kier molecular flexibility index (Phi) is 9.81. The molecular weight excluding hydrogens is 376 g/mol. The average molecular weight is 406 g/mol. The Bertz CT molecular complexity index is 718. The lowest BCUT2D eigenvalue weighted by molar-refractivity contribution is -0.142. The van der Waals surface area contributed by atoms with Gasteiger partial charge in [0.1, 0.15) is 18.7 Å². The summed E-state index contributed by atoms with van der Waals surface area (Å²) < 4.78 is 4.91. The lowest BCUT2D eigenvalue weighted by Gasteiger charge is -2.23. The van der Waals surface area contributed by atoms with Crippen LogP contribution in [-0.2, 0) is 30.5 Å². The molecule has 0 aromatic heterocycles. The van der Waals surface area contributed by atoms with Crippen LogP contribution in [0.1, 0.15) is 33.3 Å². The Morgan fingerprint density at radius 3 is 2.10 bits per heavy atom. The van der Waals surface area contributed by atoms with Crippen LogP contribution in [0, 0.1) is 5.92 Å². The largest absolute Gasteiger partial charge is 0.461 e. The van der Waals surface area contributed by atoms with Gasteiger partial charge in [-0.25, -0.2) is 0 Å². The maximum atomic E-state index is 12.5. The van der Waals surface area contributed by atoms with E-state index in [0.717, 1.165) is 5.56 Å². The first-order valence-corrected chi connectivity index (χ1v) is 9.41. The van der Waals surface area contributed by atoms with E-state index in [0.29, 0.717) is 5.69 Å². The van der Waals surface area contributed by atoms with Gasteiger partial charge in [-0.3, -0.25) is 19.2 Å². The highest BCUT2D eigenvalue weighted by molar-refractivity contribution is 5.98. The number of rotatable bonds is 10. The molecule has 0 saturated carbocycles. The fraction of sp³-hybridized carbons (Fsp3) is 0.500. The van der Waals surface area contributed by atoms with Crippen molar-refractivity contribution in [2.45, 2.75) is 46.4 Å². The van der Waals surface area contributed by atoms with E-state index in [-0.39, 0.29) is 30.9 Å². The molecule has 0 saturated heterocycles. The van der Waals surface area contributed by atoms with Crippen LogP contribution in [0.5, 0.6) is 0 Å². The van der Waals surface area contributed by atoms with E-state index in [2.05, 4.69) is 21.3 Å². The zero-order chi connectivity index (χ0) is 22.0. The number of hydrogen-bond donors (Lipinski definition) is 4. The molecule has 1 aromatic rings. The molecule has 0 bridgehead atoms. The zero-order valence-corrected chi connectivity index (χ0v) is 17.5. The standard InChI is InChI=1S/C20H30N4O5/c1-12(2)18(24-17(26)10-21-5)20(28)22-13(3)19(27)23-16-8-6-15(7-9-16)11-29-14(4)25/h6-9,12-13,18,21H,10-11H2,1-5H3,(H,22,28)(H,23,27)(H,24,26)/t13-,18?/m0/s1. The van der Waals surface area contributed by atoms with Crippen LogP contribution >= 0.6 is 0 Å². The monoisotopic (exact) mass is 406 g/mol. The number of carbonyl (C=O) groups is 4. The summed E-state index contributed by atoms with van der Waals surface area (Å²) in [5.41, 5.74) is 1.34. The molecule has 0 aliphatic heterocycles. The van der Waals surface area contributed by atoms with E-state index in [1.54, 1.807) is 38.2 Å². The van der Waals surface area contributed by atoms with E-state index in [1.807, 2.05) is 13.8 Å². The lowest BCUT2D eigenvalue weighted by atomic mass is 10.0. The molecule has 1 aromatic carbocycles. The second-order valence-electron chi connectivity index (χ2n) is 7.02. The average Bonchev–Trinajstić information content (AvgIpc) is 2.65. The van der Waals surface area contributed by atoms with Crippen molar-refractivity contribution in [3.05, 3.63) is 29.8 Å². The summed E-state index contributed by atoms with van der Waals surface area (Å²) in [5, 5.41) is 10.7. The minimum atomic E-state index is -0.800. The van der Waals surface area contributed by atoms with Crippen molar-refractivity contribution in [2.24, 2.45) is 5.92 Å². The van der Waals surface area contributed by atoms with Gasteiger partial charge in [0.05, 0.1) is 6.54 Å². The molecule has 9 nitrogen and oxygen atoms in total. The van der Waals surface area contributed by atoms with Gasteiger partial charge in [0.2, 0.25) is 17.7 Å². The van der Waals surface area contributed by atoms with E-state index in [4.69, 9.17) is 4.74 Å². The van der Waals surface area contributed by atoms with Gasteiger partial charge in [0, 0.05) is 12.6 Å². The lowest BCUT2D eigenvalue weighted by Crippen LogP contribution is -2.54. The number of amides is 3. The third-order valence-corrected chi connectivity index (χ3v) is 4.02. The summed E-state index contributed by atoms with van der Waals surface area (Å²) >= 11 is 0. The first kappa shape index (κ1) is 24.1. The zero-order valence-electron chi connectivity index (χ0n) is 17.5. The Labute approximate surface area is 170 Å². The second-order valence-corrected chi connectivity index (χ2v) is 7.02. The second kappa shape index (κ2) is 11.8. The summed E-state index contributed by atoms with van der Waals surface area (Å²) in [6.07, 6.45) is 0. The number of ether oxygens (including phenoxy) is 1. The third kappa shape index (κ3) is 8.73. The van der Waals surface area contributed by atoms with Crippen molar-refractivity contribution >= 4 is 29.4 Å². The van der Waals surface area contributed by atoms with Gasteiger partial charge in [-0.2, -0.15) is 0 Å². The van der Waals surface area contributed by atoms with Crippen molar-refractivity contribution < 1.29 is 23.9 Å². The fourth-order valence-corrected chi connectivity index (χ4v) is 2.41. The highest BCUT2D eigenvalue weighted by Crippen LogP contribution is 2.11. The molecule has 0 radical (unpaired) electrons. The molecule has 4 N–H and O–H groups in total. The van der Waals surface area contributed by atoms with Gasteiger partial charge in [-0.15, -0.1) is 0 Å². The smallest absolute Gasteiger partial charge is 0.302 e. The van der Waals surface area contributed by atoms with E-state index in [1.165, 1.54) is 6.92 Å². The number of likely N-dealkylation sites (N-methyl/N-ethyl adjacent to an activating group) is 1. The van der Waals surface area contributed by atoms with Crippen LogP contribution in [0.15, 0.2) is 24.3 Å². The molecule has 0 aliphatic rings. The van der Waals surface area contributed by atoms with Gasteiger partial charge >= 0.3 is 5.97 Å². The number of anilines is 1. The first-order chi connectivity index (χ1) is 13.6.